The van der Waals surface area contributed by atoms with Crippen molar-refractivity contribution in [3.63, 3.8) is 0 Å². The van der Waals surface area contributed by atoms with Crippen LogP contribution < -0.4 is 5.32 Å². The Hall–Kier alpha value is -1.44. The zero-order valence-electron chi connectivity index (χ0n) is 9.59. The van der Waals surface area contributed by atoms with E-state index < -0.39 is 17.2 Å². The van der Waals surface area contributed by atoms with Crippen molar-refractivity contribution in [1.29, 1.82) is 0 Å². The van der Waals surface area contributed by atoms with Crippen molar-refractivity contribution >= 4 is 49.6 Å². The Kier molecular flexibility index (Phi) is 4.18. The Morgan fingerprint density at radius 2 is 2.00 bits per heavy atom. The minimum atomic E-state index is -1.91. The van der Waals surface area contributed by atoms with Crippen LogP contribution in [0, 0.1) is 0 Å². The predicted molar refractivity (Wildman–Crippen MR) is 77.8 cm³/mol. The monoisotopic (exact) mass is 343 g/mol. The Bertz CT molecular complexity index is 669. The third kappa shape index (κ3) is 3.31. The molecule has 0 aliphatic carbocycles. The first-order valence-electron chi connectivity index (χ1n) is 5.26. The molecule has 2 rings (SSSR count). The molecular formula is C12H10BrNO4S. The summed E-state index contributed by atoms with van der Waals surface area (Å²) in [5.41, 5.74) is 1.14. The molecule has 0 bridgehead atoms. The molecule has 0 saturated heterocycles. The highest BCUT2D eigenvalue weighted by atomic mass is 79.9. The lowest BCUT2D eigenvalue weighted by Gasteiger charge is -2.09. The van der Waals surface area contributed by atoms with Crippen LogP contribution in [0.1, 0.15) is 5.56 Å². The maximum Gasteiger partial charge on any atom is 0.409 e. The van der Waals surface area contributed by atoms with Gasteiger partial charge in [0, 0.05) is 4.47 Å². The lowest BCUT2D eigenvalue weighted by Crippen LogP contribution is -2.07. The highest BCUT2D eigenvalue weighted by molar-refractivity contribution is 9.10. The van der Waals surface area contributed by atoms with Gasteiger partial charge in [-0.3, -0.25) is 5.32 Å². The molecule has 1 atom stereocenters. The molecule has 0 aliphatic rings. The molecule has 0 radical (unpaired) electrons. The van der Waals surface area contributed by atoms with Gasteiger partial charge in [0.2, 0.25) is 0 Å². The van der Waals surface area contributed by atoms with Gasteiger partial charge in [-0.15, -0.1) is 0 Å². The van der Waals surface area contributed by atoms with Crippen molar-refractivity contribution < 1.29 is 18.7 Å². The lowest BCUT2D eigenvalue weighted by atomic mass is 10.1. The molecule has 0 fully saturated rings. The summed E-state index contributed by atoms with van der Waals surface area (Å²) in [6.45, 7) is 0. The number of halogens is 1. The fourth-order valence-corrected chi connectivity index (χ4v) is 2.81. The SMILES string of the molecule is O=C(O)Nc1ccc2ccc(CS(=O)O)cc2c1Br. The van der Waals surface area contributed by atoms with Crippen LogP contribution in [-0.2, 0) is 16.8 Å². The van der Waals surface area contributed by atoms with E-state index in [9.17, 15) is 9.00 Å². The molecular weight excluding hydrogens is 334 g/mol. The quantitative estimate of drug-likeness (QED) is 0.745. The Labute approximate surface area is 120 Å². The van der Waals surface area contributed by atoms with E-state index >= 15 is 0 Å². The Morgan fingerprint density at radius 3 is 2.63 bits per heavy atom. The van der Waals surface area contributed by atoms with E-state index in [1.165, 1.54) is 0 Å². The van der Waals surface area contributed by atoms with Gasteiger partial charge in [-0.2, -0.15) is 0 Å². The number of carbonyl (C=O) groups is 1. The normalized spacial score (nSPS) is 12.3. The van der Waals surface area contributed by atoms with E-state index in [0.29, 0.717) is 15.7 Å². The average Bonchev–Trinajstić information content (AvgIpc) is 2.32. The second-order valence-corrected chi connectivity index (χ2v) is 5.60. The molecule has 7 heteroatoms. The van der Waals surface area contributed by atoms with Crippen molar-refractivity contribution in [3.05, 3.63) is 40.4 Å². The summed E-state index contributed by atoms with van der Waals surface area (Å²) >= 11 is 1.44. The molecule has 2 aromatic carbocycles. The van der Waals surface area contributed by atoms with Crippen LogP contribution in [0.2, 0.25) is 0 Å². The van der Waals surface area contributed by atoms with Crippen molar-refractivity contribution in [3.8, 4) is 0 Å². The molecule has 0 spiro atoms. The van der Waals surface area contributed by atoms with Crippen LogP contribution >= 0.6 is 15.9 Å². The molecule has 0 aliphatic heterocycles. The topological polar surface area (TPSA) is 86.6 Å². The van der Waals surface area contributed by atoms with Crippen molar-refractivity contribution in [1.82, 2.24) is 0 Å². The number of rotatable bonds is 3. The molecule has 100 valence electrons. The van der Waals surface area contributed by atoms with Gasteiger partial charge in [-0.25, -0.2) is 9.00 Å². The van der Waals surface area contributed by atoms with Crippen LogP contribution in [-0.4, -0.2) is 20.0 Å². The fraction of sp³-hybridized carbons (Fsp3) is 0.0833. The standard InChI is InChI=1S/C12H10BrNO4S/c13-11-9-5-7(6-19(17)18)1-2-8(9)3-4-10(11)14-12(15)16/h1-5,14H,6H2,(H,15,16)(H,17,18). The second kappa shape index (κ2) is 5.68. The summed E-state index contributed by atoms with van der Waals surface area (Å²) in [7, 11) is 0. The Morgan fingerprint density at radius 1 is 1.32 bits per heavy atom. The van der Waals surface area contributed by atoms with E-state index in [2.05, 4.69) is 21.2 Å². The number of hydrogen-bond donors (Lipinski definition) is 3. The van der Waals surface area contributed by atoms with Crippen molar-refractivity contribution in [2.24, 2.45) is 0 Å². The van der Waals surface area contributed by atoms with Gasteiger partial charge in [0.05, 0.1) is 11.4 Å². The van der Waals surface area contributed by atoms with Crippen LogP contribution in [0.4, 0.5) is 10.5 Å². The van der Waals surface area contributed by atoms with Crippen LogP contribution in [0.25, 0.3) is 10.8 Å². The number of benzene rings is 2. The minimum Gasteiger partial charge on any atom is -0.465 e. The lowest BCUT2D eigenvalue weighted by molar-refractivity contribution is 0.209. The van der Waals surface area contributed by atoms with E-state index in [4.69, 9.17) is 9.66 Å². The molecule has 2 aromatic rings. The zero-order valence-corrected chi connectivity index (χ0v) is 12.0. The summed E-state index contributed by atoms with van der Waals surface area (Å²) in [4.78, 5) is 10.7. The number of fused-ring (bicyclic) bond motifs is 1. The van der Waals surface area contributed by atoms with Gasteiger partial charge < -0.3 is 9.66 Å². The molecule has 0 aromatic heterocycles. The van der Waals surface area contributed by atoms with Crippen molar-refractivity contribution in [2.75, 3.05) is 5.32 Å². The Balaban J connectivity index is 2.52. The first-order chi connectivity index (χ1) is 8.97. The summed E-state index contributed by atoms with van der Waals surface area (Å²) in [5.74, 6) is 0.0406. The number of hydrogen-bond acceptors (Lipinski definition) is 2. The van der Waals surface area contributed by atoms with Crippen LogP contribution in [0.5, 0.6) is 0 Å². The second-order valence-electron chi connectivity index (χ2n) is 3.88. The molecule has 5 nitrogen and oxygen atoms in total. The van der Waals surface area contributed by atoms with Crippen LogP contribution in [0.15, 0.2) is 34.8 Å². The van der Waals surface area contributed by atoms with E-state index in [0.717, 1.165) is 10.8 Å². The minimum absolute atomic E-state index is 0.0406. The van der Waals surface area contributed by atoms with Gasteiger partial charge in [0.15, 0.2) is 11.1 Å². The number of carboxylic acid groups (broad SMARTS) is 1. The predicted octanol–water partition coefficient (Wildman–Crippen LogP) is 3.41. The molecule has 1 unspecified atom stereocenters. The third-order valence-electron chi connectivity index (χ3n) is 2.55. The summed E-state index contributed by atoms with van der Waals surface area (Å²) in [6.07, 6.45) is -1.15. The first kappa shape index (κ1) is 14.0. The smallest absolute Gasteiger partial charge is 0.409 e. The highest BCUT2D eigenvalue weighted by Gasteiger charge is 2.08. The molecule has 0 saturated carbocycles. The maximum absolute atomic E-state index is 10.8. The number of anilines is 1. The van der Waals surface area contributed by atoms with E-state index in [1.807, 2.05) is 6.07 Å². The summed E-state index contributed by atoms with van der Waals surface area (Å²) < 4.78 is 20.3. The van der Waals surface area contributed by atoms with Crippen LogP contribution in [0.3, 0.4) is 0 Å². The zero-order chi connectivity index (χ0) is 14.0. The van der Waals surface area contributed by atoms with E-state index in [1.54, 1.807) is 24.3 Å². The first-order valence-corrected chi connectivity index (χ1v) is 7.33. The summed E-state index contributed by atoms with van der Waals surface area (Å²) in [6, 6.07) is 8.80. The molecule has 3 N–H and O–H groups in total. The fourth-order valence-electron chi connectivity index (χ4n) is 1.77. The average molecular weight is 344 g/mol. The molecule has 0 heterocycles. The molecule has 1 amide bonds. The van der Waals surface area contributed by atoms with E-state index in [-0.39, 0.29) is 5.75 Å². The van der Waals surface area contributed by atoms with Gasteiger partial charge in [0.1, 0.15) is 0 Å². The van der Waals surface area contributed by atoms with Gasteiger partial charge in [-0.05, 0) is 44.4 Å². The largest absolute Gasteiger partial charge is 0.465 e. The summed E-state index contributed by atoms with van der Waals surface area (Å²) in [5, 5.41) is 12.7. The third-order valence-corrected chi connectivity index (χ3v) is 3.99. The van der Waals surface area contributed by atoms with Gasteiger partial charge in [0.25, 0.3) is 0 Å². The number of nitrogens with one attached hydrogen (secondary N) is 1. The van der Waals surface area contributed by atoms with Crippen molar-refractivity contribution in [2.45, 2.75) is 5.75 Å². The maximum atomic E-state index is 10.8. The van der Waals surface area contributed by atoms with Gasteiger partial charge in [-0.1, -0.05) is 18.2 Å². The highest BCUT2D eigenvalue weighted by Crippen LogP contribution is 2.32. The van der Waals surface area contributed by atoms with Gasteiger partial charge >= 0.3 is 6.09 Å². The molecule has 19 heavy (non-hydrogen) atoms. The number of amides is 1.